The predicted molar refractivity (Wildman–Crippen MR) is 69.4 cm³/mol. The second-order valence-corrected chi connectivity index (χ2v) is 5.62. The average molecular weight is 288 g/mol. The van der Waals surface area contributed by atoms with Crippen LogP contribution in [0.4, 0.5) is 9.93 Å². The first-order chi connectivity index (χ1) is 8.73. The highest BCUT2D eigenvalue weighted by Gasteiger charge is 2.20. The summed E-state index contributed by atoms with van der Waals surface area (Å²) < 4.78 is 4.91. The highest BCUT2D eigenvalue weighted by atomic mass is 32.1. The molecule has 0 saturated carbocycles. The number of hydrogen-bond acceptors (Lipinski definition) is 7. The van der Waals surface area contributed by atoms with Gasteiger partial charge in [-0.05, 0) is 27.2 Å². The maximum Gasteiger partial charge on any atom is 0.533 e. The Labute approximate surface area is 114 Å². The van der Waals surface area contributed by atoms with Crippen molar-refractivity contribution in [1.29, 1.82) is 0 Å². The molecule has 0 aliphatic heterocycles. The van der Waals surface area contributed by atoms with Crippen LogP contribution in [0.3, 0.4) is 0 Å². The largest absolute Gasteiger partial charge is 0.533 e. The molecule has 1 aromatic rings. The molecular weight excluding hydrogens is 272 g/mol. The van der Waals surface area contributed by atoms with E-state index in [-0.39, 0.29) is 10.0 Å². The van der Waals surface area contributed by atoms with Crippen LogP contribution >= 0.6 is 11.3 Å². The monoisotopic (exact) mass is 288 g/mol. The van der Waals surface area contributed by atoms with E-state index in [1.807, 2.05) is 0 Å². The summed E-state index contributed by atoms with van der Waals surface area (Å²) in [6, 6.07) is 0. The van der Waals surface area contributed by atoms with Gasteiger partial charge in [-0.3, -0.25) is 0 Å². The third-order valence-corrected chi connectivity index (χ3v) is 2.82. The fourth-order valence-electron chi connectivity index (χ4n) is 1.16. The van der Waals surface area contributed by atoms with Crippen molar-refractivity contribution < 1.29 is 24.3 Å². The summed E-state index contributed by atoms with van der Waals surface area (Å²) in [6.07, 6.45) is -0.427. The summed E-state index contributed by atoms with van der Waals surface area (Å²) in [5.41, 5.74) is 2.06. The number of aryl methyl sites for hydroxylation is 1. The van der Waals surface area contributed by atoms with Gasteiger partial charge in [-0.15, -0.1) is 0 Å². The Hall–Kier alpha value is -1.83. The van der Waals surface area contributed by atoms with Gasteiger partial charge in [0.2, 0.25) is 5.13 Å². The molecule has 106 valence electrons. The molecule has 0 fully saturated rings. The zero-order chi connectivity index (χ0) is 14.6. The molecule has 0 unspecified atom stereocenters. The molecule has 1 rings (SSSR count). The number of carboxylic acids is 1. The Kier molecular flexibility index (Phi) is 4.71. The van der Waals surface area contributed by atoms with E-state index in [9.17, 15) is 9.59 Å². The number of rotatable bonds is 4. The van der Waals surface area contributed by atoms with Crippen LogP contribution in [0.5, 0.6) is 0 Å². The number of thiazole rings is 1. The maximum atomic E-state index is 11.3. The van der Waals surface area contributed by atoms with Gasteiger partial charge in [-0.2, -0.15) is 5.48 Å². The van der Waals surface area contributed by atoms with Crippen molar-refractivity contribution in [2.24, 2.45) is 0 Å². The Morgan fingerprint density at radius 1 is 1.42 bits per heavy atom. The van der Waals surface area contributed by atoms with Crippen molar-refractivity contribution in [3.8, 4) is 0 Å². The van der Waals surface area contributed by atoms with Crippen LogP contribution in [0.2, 0.25) is 0 Å². The van der Waals surface area contributed by atoms with Crippen molar-refractivity contribution in [2.45, 2.75) is 39.7 Å². The van der Waals surface area contributed by atoms with Gasteiger partial charge in [0.25, 0.3) is 0 Å². The van der Waals surface area contributed by atoms with Gasteiger partial charge >= 0.3 is 12.1 Å². The Bertz CT molecular complexity index is 478. The van der Waals surface area contributed by atoms with E-state index in [0.29, 0.717) is 12.1 Å². The first-order valence-corrected chi connectivity index (χ1v) is 6.43. The first kappa shape index (κ1) is 15.2. The normalized spacial score (nSPS) is 10.9. The van der Waals surface area contributed by atoms with Gasteiger partial charge in [0.1, 0.15) is 10.5 Å². The van der Waals surface area contributed by atoms with Crippen molar-refractivity contribution >= 4 is 28.6 Å². The van der Waals surface area contributed by atoms with Crippen LogP contribution in [0.25, 0.3) is 0 Å². The van der Waals surface area contributed by atoms with Crippen molar-refractivity contribution in [3.05, 3.63) is 10.6 Å². The fraction of sp³-hybridized carbons (Fsp3) is 0.545. The van der Waals surface area contributed by atoms with Crippen molar-refractivity contribution in [1.82, 2.24) is 4.98 Å². The van der Waals surface area contributed by atoms with Crippen LogP contribution in [0.1, 0.15) is 43.1 Å². The van der Waals surface area contributed by atoms with E-state index in [1.54, 1.807) is 27.7 Å². The number of nitrogens with one attached hydrogen (secondary N) is 1. The fourth-order valence-corrected chi connectivity index (χ4v) is 1.99. The van der Waals surface area contributed by atoms with Gasteiger partial charge in [0, 0.05) is 0 Å². The summed E-state index contributed by atoms with van der Waals surface area (Å²) in [7, 11) is 0. The number of carboxylic acid groups (broad SMARTS) is 1. The van der Waals surface area contributed by atoms with Crippen molar-refractivity contribution in [3.63, 3.8) is 0 Å². The average Bonchev–Trinajstić information content (AvgIpc) is 2.67. The van der Waals surface area contributed by atoms with Crippen LogP contribution in [0, 0.1) is 0 Å². The third-order valence-electron chi connectivity index (χ3n) is 1.84. The first-order valence-electron chi connectivity index (χ1n) is 5.61. The molecule has 0 amide bonds. The molecule has 0 atom stereocenters. The minimum absolute atomic E-state index is 0.123. The Balaban J connectivity index is 2.64. The highest BCUT2D eigenvalue weighted by molar-refractivity contribution is 7.17. The van der Waals surface area contributed by atoms with Gasteiger partial charge in [0.15, 0.2) is 0 Å². The van der Waals surface area contributed by atoms with E-state index in [4.69, 9.17) is 9.84 Å². The van der Waals surface area contributed by atoms with E-state index < -0.39 is 17.7 Å². The minimum atomic E-state index is -1.06. The summed E-state index contributed by atoms with van der Waals surface area (Å²) in [4.78, 5) is 31.0. The zero-order valence-corrected chi connectivity index (χ0v) is 12.0. The lowest BCUT2D eigenvalue weighted by Crippen LogP contribution is -2.25. The number of aromatic nitrogens is 1. The number of nitrogens with zero attached hydrogens (tertiary/aromatic N) is 1. The Morgan fingerprint density at radius 2 is 2.05 bits per heavy atom. The van der Waals surface area contributed by atoms with Crippen LogP contribution in [0.15, 0.2) is 0 Å². The molecule has 1 heterocycles. The molecule has 1 aromatic heterocycles. The van der Waals surface area contributed by atoms with E-state index in [2.05, 4.69) is 15.3 Å². The molecule has 19 heavy (non-hydrogen) atoms. The standard InChI is InChI=1S/C11H16N2O5S/c1-5-6-7(8(14)15)19-9(12-6)13-18-10(16)17-11(2,3)4/h5H2,1-4H3,(H,12,13)(H,14,15). The molecule has 0 saturated heterocycles. The molecule has 0 spiro atoms. The molecule has 8 heteroatoms. The lowest BCUT2D eigenvalue weighted by atomic mass is 10.2. The lowest BCUT2D eigenvalue weighted by molar-refractivity contribution is 0.00296. The second-order valence-electron chi connectivity index (χ2n) is 4.62. The van der Waals surface area contributed by atoms with E-state index in [0.717, 1.165) is 11.3 Å². The molecule has 0 bridgehead atoms. The highest BCUT2D eigenvalue weighted by Crippen LogP contribution is 2.23. The summed E-state index contributed by atoms with van der Waals surface area (Å²) in [5.74, 6) is -1.06. The van der Waals surface area contributed by atoms with Crippen molar-refractivity contribution in [2.75, 3.05) is 5.48 Å². The maximum absolute atomic E-state index is 11.3. The van der Waals surface area contributed by atoms with Gasteiger partial charge in [-0.25, -0.2) is 14.6 Å². The Morgan fingerprint density at radius 3 is 2.47 bits per heavy atom. The molecule has 2 N–H and O–H groups in total. The number of aromatic carboxylic acids is 1. The molecule has 0 aromatic carbocycles. The number of ether oxygens (including phenoxy) is 1. The van der Waals surface area contributed by atoms with Crippen LogP contribution < -0.4 is 5.48 Å². The minimum Gasteiger partial charge on any atom is -0.477 e. The third kappa shape index (κ3) is 4.74. The van der Waals surface area contributed by atoms with E-state index in [1.165, 1.54) is 0 Å². The molecule has 0 aliphatic carbocycles. The topological polar surface area (TPSA) is 97.8 Å². The smallest absolute Gasteiger partial charge is 0.477 e. The quantitative estimate of drug-likeness (QED) is 0.649. The SMILES string of the molecule is CCc1nc(NOC(=O)OC(C)(C)C)sc1C(=O)O. The number of hydrogen-bond donors (Lipinski definition) is 2. The molecule has 0 radical (unpaired) electrons. The lowest BCUT2D eigenvalue weighted by Gasteiger charge is -2.18. The summed E-state index contributed by atoms with van der Waals surface area (Å²) in [6.45, 7) is 6.90. The van der Waals surface area contributed by atoms with Gasteiger partial charge in [-0.1, -0.05) is 18.3 Å². The van der Waals surface area contributed by atoms with Gasteiger partial charge in [0.05, 0.1) is 5.69 Å². The van der Waals surface area contributed by atoms with E-state index >= 15 is 0 Å². The van der Waals surface area contributed by atoms with Crippen LogP contribution in [-0.2, 0) is 16.0 Å². The van der Waals surface area contributed by atoms with Gasteiger partial charge < -0.3 is 14.7 Å². The number of carbonyl (C=O) groups is 2. The molecule has 0 aliphatic rings. The summed E-state index contributed by atoms with van der Waals surface area (Å²) >= 11 is 0.898. The molecular formula is C11H16N2O5S. The molecule has 7 nitrogen and oxygen atoms in total. The predicted octanol–water partition coefficient (Wildman–Crippen LogP) is 2.68. The number of carbonyl (C=O) groups excluding carboxylic acids is 1. The second kappa shape index (κ2) is 5.87. The zero-order valence-electron chi connectivity index (χ0n) is 11.1. The summed E-state index contributed by atoms with van der Waals surface area (Å²) in [5, 5.41) is 9.15. The van der Waals surface area contributed by atoms with Crippen LogP contribution in [-0.4, -0.2) is 27.8 Å². The number of anilines is 1.